The number of ether oxygens (including phenoxy) is 2. The maximum Gasteiger partial charge on any atom is 0.571 e. The third kappa shape index (κ3) is 9.19. The Bertz CT molecular complexity index is 1780. The number of benzene rings is 4. The van der Waals surface area contributed by atoms with Gasteiger partial charge in [-0.15, -0.1) is 0 Å². The van der Waals surface area contributed by atoms with Crippen LogP contribution in [0.25, 0.3) is 11.1 Å². The van der Waals surface area contributed by atoms with Gasteiger partial charge in [-0.3, -0.25) is 14.4 Å². The number of esters is 2. The van der Waals surface area contributed by atoms with Gasteiger partial charge in [0.15, 0.2) is 0 Å². The Morgan fingerprint density at radius 2 is 1.25 bits per heavy atom. The van der Waals surface area contributed by atoms with E-state index < -0.39 is 45.6 Å². The van der Waals surface area contributed by atoms with E-state index in [4.69, 9.17) is 19.9 Å². The third-order valence-corrected chi connectivity index (χ3v) is 11.4. The van der Waals surface area contributed by atoms with Gasteiger partial charge < -0.3 is 24.9 Å². The quantitative estimate of drug-likeness (QED) is 0.0682. The minimum atomic E-state index is -1.42. The molecule has 0 fully saturated rings. The van der Waals surface area contributed by atoms with Crippen molar-refractivity contribution in [3.05, 3.63) is 126 Å². The molecule has 4 aromatic carbocycles. The van der Waals surface area contributed by atoms with Crippen molar-refractivity contribution in [2.45, 2.75) is 79.4 Å². The highest BCUT2D eigenvalue weighted by atomic mass is 16.6. The highest BCUT2D eigenvalue weighted by Gasteiger charge is 2.57. The van der Waals surface area contributed by atoms with E-state index in [1.54, 1.807) is 50.2 Å². The van der Waals surface area contributed by atoms with E-state index in [1.165, 1.54) is 0 Å². The smallest absolute Gasteiger partial charge is 0.510 e. The van der Waals surface area contributed by atoms with Gasteiger partial charge in [0, 0.05) is 5.54 Å². The summed E-state index contributed by atoms with van der Waals surface area (Å²) in [6.45, 7) is 13.5. The zero-order valence-electron chi connectivity index (χ0n) is 31.3. The minimum absolute atomic E-state index is 0.0204. The van der Waals surface area contributed by atoms with Crippen molar-refractivity contribution in [1.29, 1.82) is 0 Å². The molecule has 0 heterocycles. The average molecular weight is 705 g/mol. The summed E-state index contributed by atoms with van der Waals surface area (Å²) in [4.78, 5) is 41.5. The summed E-state index contributed by atoms with van der Waals surface area (Å²) < 4.78 is 16.8. The maximum atomic E-state index is 14.7. The lowest BCUT2D eigenvalue weighted by Crippen LogP contribution is -2.61. The number of hydrogen-bond donors (Lipinski definition) is 2. The summed E-state index contributed by atoms with van der Waals surface area (Å²) in [5, 5.41) is 9.37. The normalized spacial score (nSPS) is 15.2. The van der Waals surface area contributed by atoms with Gasteiger partial charge in [-0.2, -0.15) is 0 Å². The molecule has 4 aromatic rings. The fraction of sp³-hybridized carbons (Fsp3) is 0.372. The molecule has 4 unspecified atom stereocenters. The van der Waals surface area contributed by atoms with Crippen LogP contribution in [-0.4, -0.2) is 36.2 Å². The lowest BCUT2D eigenvalue weighted by molar-refractivity contribution is -0.162. The molecule has 1 radical (unpaired) electrons. The maximum absolute atomic E-state index is 14.7. The highest BCUT2D eigenvalue weighted by Crippen LogP contribution is 2.54. The van der Waals surface area contributed by atoms with E-state index in [-0.39, 0.29) is 25.4 Å². The van der Waals surface area contributed by atoms with Crippen LogP contribution >= 0.6 is 0 Å². The lowest BCUT2D eigenvalue weighted by atomic mass is 9.53. The molecule has 0 spiro atoms. The molecule has 3 N–H and O–H groups in total. The van der Waals surface area contributed by atoms with E-state index in [0.29, 0.717) is 19.0 Å². The molecular formula is C43H51BNO7. The topological polar surface area (TPSA) is 125 Å². The molecule has 0 saturated heterocycles. The molecule has 0 bridgehead atoms. The van der Waals surface area contributed by atoms with Gasteiger partial charge >= 0.3 is 19.6 Å². The van der Waals surface area contributed by atoms with Crippen LogP contribution in [0.3, 0.4) is 0 Å². The van der Waals surface area contributed by atoms with Crippen LogP contribution in [0.5, 0.6) is 5.75 Å². The summed E-state index contributed by atoms with van der Waals surface area (Å²) in [5.41, 5.74) is 6.52. The van der Waals surface area contributed by atoms with Crippen LogP contribution in [-0.2, 0) is 30.4 Å². The Kier molecular flexibility index (Phi) is 12.9. The molecule has 9 heteroatoms. The molecule has 52 heavy (non-hydrogen) atoms. The lowest BCUT2D eigenvalue weighted by Gasteiger charge is -2.52. The predicted molar refractivity (Wildman–Crippen MR) is 204 cm³/mol. The van der Waals surface area contributed by atoms with Crippen molar-refractivity contribution in [3.8, 4) is 16.9 Å². The Morgan fingerprint density at radius 3 is 1.81 bits per heavy atom. The zero-order valence-corrected chi connectivity index (χ0v) is 31.3. The molecular weight excluding hydrogens is 653 g/mol. The summed E-state index contributed by atoms with van der Waals surface area (Å²) >= 11 is 0. The summed E-state index contributed by atoms with van der Waals surface area (Å²) in [5.74, 6) is -2.79. The minimum Gasteiger partial charge on any atom is -0.510 e. The Morgan fingerprint density at radius 1 is 0.731 bits per heavy atom. The van der Waals surface area contributed by atoms with E-state index in [9.17, 15) is 19.4 Å². The van der Waals surface area contributed by atoms with E-state index >= 15 is 0 Å². The monoisotopic (exact) mass is 704 g/mol. The Labute approximate surface area is 309 Å². The van der Waals surface area contributed by atoms with Crippen molar-refractivity contribution in [3.63, 3.8) is 0 Å². The summed E-state index contributed by atoms with van der Waals surface area (Å²) in [6.07, 6.45) is 0.160. The van der Waals surface area contributed by atoms with E-state index in [1.807, 2.05) is 113 Å². The van der Waals surface area contributed by atoms with Gasteiger partial charge in [0.2, 0.25) is 0 Å². The standard InChI is InChI=1S/C43H51BNO7/c1-30(37(46)50-28-31-17-11-8-12-18-31)41(4,5)40(2,3)29-42(6,39(48)51-35-25-23-33(24-26-35)32-19-13-9-14-20-32)43(7,45)27-36(38(47)52-44-49)34-21-15-10-16-22-34/h8-26,30,36,49H,27-29,45H2,1-7H3. The molecule has 0 saturated carbocycles. The van der Waals surface area contributed by atoms with Crippen molar-refractivity contribution >= 4 is 25.6 Å². The van der Waals surface area contributed by atoms with Crippen molar-refractivity contribution in [2.24, 2.45) is 27.9 Å². The first-order chi connectivity index (χ1) is 24.5. The first-order valence-corrected chi connectivity index (χ1v) is 17.6. The molecule has 0 aliphatic rings. The van der Waals surface area contributed by atoms with Crippen LogP contribution in [0.1, 0.15) is 78.4 Å². The average Bonchev–Trinajstić information content (AvgIpc) is 3.13. The van der Waals surface area contributed by atoms with E-state index in [2.05, 4.69) is 0 Å². The van der Waals surface area contributed by atoms with Gasteiger partial charge in [-0.1, -0.05) is 138 Å². The highest BCUT2D eigenvalue weighted by molar-refractivity contribution is 6.20. The molecule has 4 rings (SSSR count). The number of carbonyl (C=O) groups is 3. The molecule has 0 aliphatic carbocycles. The van der Waals surface area contributed by atoms with Crippen molar-refractivity contribution < 1.29 is 33.5 Å². The Balaban J connectivity index is 1.69. The van der Waals surface area contributed by atoms with Gasteiger partial charge in [0.1, 0.15) is 12.4 Å². The van der Waals surface area contributed by atoms with Gasteiger partial charge in [0.25, 0.3) is 5.97 Å². The van der Waals surface area contributed by atoms with Crippen LogP contribution in [0.4, 0.5) is 0 Å². The second-order valence-electron chi connectivity index (χ2n) is 15.3. The Hall–Kier alpha value is -4.73. The number of carbonyl (C=O) groups excluding carboxylic acids is 3. The molecule has 8 nitrogen and oxygen atoms in total. The van der Waals surface area contributed by atoms with Gasteiger partial charge in [-0.05, 0) is 71.9 Å². The molecule has 0 aromatic heterocycles. The summed E-state index contributed by atoms with van der Waals surface area (Å²) in [7, 11) is 0.350. The van der Waals surface area contributed by atoms with Crippen LogP contribution in [0.15, 0.2) is 115 Å². The molecule has 273 valence electrons. The third-order valence-electron chi connectivity index (χ3n) is 11.4. The first-order valence-electron chi connectivity index (χ1n) is 17.6. The second-order valence-corrected chi connectivity index (χ2v) is 15.3. The zero-order chi connectivity index (χ0) is 38.2. The van der Waals surface area contributed by atoms with Crippen LogP contribution < -0.4 is 10.5 Å². The number of hydrogen-bond acceptors (Lipinski definition) is 8. The second kappa shape index (κ2) is 16.7. The molecule has 0 aliphatic heterocycles. The first kappa shape index (κ1) is 40.1. The fourth-order valence-electron chi connectivity index (χ4n) is 6.73. The molecule has 4 atom stereocenters. The number of rotatable bonds is 16. The summed E-state index contributed by atoms with van der Waals surface area (Å²) in [6, 6.07) is 35.6. The molecule has 0 amide bonds. The van der Waals surface area contributed by atoms with Crippen LogP contribution in [0.2, 0.25) is 0 Å². The van der Waals surface area contributed by atoms with Crippen molar-refractivity contribution in [1.82, 2.24) is 0 Å². The van der Waals surface area contributed by atoms with Gasteiger partial charge in [0.05, 0.1) is 17.3 Å². The predicted octanol–water partition coefficient (Wildman–Crippen LogP) is 8.05. The number of nitrogens with two attached hydrogens (primary N) is 1. The van der Waals surface area contributed by atoms with Crippen molar-refractivity contribution in [2.75, 3.05) is 0 Å². The van der Waals surface area contributed by atoms with Gasteiger partial charge in [-0.25, -0.2) is 0 Å². The largest absolute Gasteiger partial charge is 0.571 e. The fourth-order valence-corrected chi connectivity index (χ4v) is 6.73. The SMILES string of the molecule is CC(C(=O)OCc1ccccc1)C(C)(C)C(C)(C)CC(C)(C(=O)Oc1ccc(-c2ccccc2)cc1)C(C)(N)CC(C(=O)O[B]O)c1ccccc1. The van der Waals surface area contributed by atoms with E-state index in [0.717, 1.165) is 16.7 Å². The van der Waals surface area contributed by atoms with Crippen LogP contribution in [0, 0.1) is 22.2 Å².